The van der Waals surface area contributed by atoms with Crippen molar-refractivity contribution in [3.63, 3.8) is 0 Å². The summed E-state index contributed by atoms with van der Waals surface area (Å²) in [6.07, 6.45) is 4.68. The average Bonchev–Trinajstić information content (AvgIpc) is 3.10. The molecule has 3 rings (SSSR count). The molecule has 1 heterocycles. The number of carbonyl (C=O) groups is 1. The maximum Gasteiger partial charge on any atom is 0.151 e. The van der Waals surface area contributed by atoms with Crippen molar-refractivity contribution in [2.24, 2.45) is 0 Å². The first-order valence-corrected chi connectivity index (χ1v) is 5.72. The number of carbonyl (C=O) groups excluding carboxylic acids is 1. The summed E-state index contributed by atoms with van der Waals surface area (Å²) in [5.74, 6) is 0.157. The smallest absolute Gasteiger partial charge is 0.151 e. The first-order valence-electron chi connectivity index (χ1n) is 5.72. The van der Waals surface area contributed by atoms with Crippen molar-refractivity contribution in [1.82, 2.24) is 4.98 Å². The Balaban J connectivity index is 2.18. The number of aromatic nitrogens is 1. The van der Waals surface area contributed by atoms with E-state index in [0.29, 0.717) is 17.0 Å². The van der Waals surface area contributed by atoms with E-state index in [4.69, 9.17) is 0 Å². The summed E-state index contributed by atoms with van der Waals surface area (Å²) >= 11 is 0. The van der Waals surface area contributed by atoms with E-state index in [0.717, 1.165) is 30.4 Å². The Morgan fingerprint density at radius 3 is 2.71 bits per heavy atom. The summed E-state index contributed by atoms with van der Waals surface area (Å²) in [5.41, 5.74) is 2.94. The molecule has 86 valence electrons. The molecule has 17 heavy (non-hydrogen) atoms. The van der Waals surface area contributed by atoms with Crippen molar-refractivity contribution in [3.05, 3.63) is 47.4 Å². The van der Waals surface area contributed by atoms with Gasteiger partial charge in [-0.05, 0) is 36.5 Å². The lowest BCUT2D eigenvalue weighted by Crippen LogP contribution is -1.90. The second-order valence-corrected chi connectivity index (χ2v) is 4.40. The molecule has 1 fully saturated rings. The van der Waals surface area contributed by atoms with E-state index in [1.165, 1.54) is 6.07 Å². The Labute approximate surface area is 98.5 Å². The van der Waals surface area contributed by atoms with Gasteiger partial charge in [0.15, 0.2) is 6.29 Å². The van der Waals surface area contributed by atoms with Crippen LogP contribution in [-0.2, 0) is 0 Å². The molecule has 2 nitrogen and oxygen atoms in total. The van der Waals surface area contributed by atoms with Gasteiger partial charge in [0.05, 0.1) is 5.69 Å². The Morgan fingerprint density at radius 2 is 2.06 bits per heavy atom. The lowest BCUT2D eigenvalue weighted by molar-refractivity contribution is 0.112. The first kappa shape index (κ1) is 10.3. The summed E-state index contributed by atoms with van der Waals surface area (Å²) in [4.78, 5) is 14.0. The van der Waals surface area contributed by atoms with Gasteiger partial charge in [-0.3, -0.25) is 4.79 Å². The molecule has 0 aliphatic heterocycles. The van der Waals surface area contributed by atoms with Gasteiger partial charge in [-0.15, -0.1) is 0 Å². The van der Waals surface area contributed by atoms with Crippen LogP contribution in [0, 0.1) is 5.82 Å². The SMILES string of the molecule is O=Cc1c[nH]c(-c2ccccc2F)c1C1CC1. The molecule has 1 saturated carbocycles. The number of hydrogen-bond acceptors (Lipinski definition) is 1. The highest BCUT2D eigenvalue weighted by molar-refractivity contribution is 5.83. The summed E-state index contributed by atoms with van der Waals surface area (Å²) in [6, 6.07) is 6.64. The van der Waals surface area contributed by atoms with Gasteiger partial charge in [0, 0.05) is 17.3 Å². The largest absolute Gasteiger partial charge is 0.360 e. The third kappa shape index (κ3) is 1.68. The van der Waals surface area contributed by atoms with Crippen LogP contribution >= 0.6 is 0 Å². The molecule has 0 unspecified atom stereocenters. The highest BCUT2D eigenvalue weighted by Gasteiger charge is 2.30. The van der Waals surface area contributed by atoms with Gasteiger partial charge in [0.1, 0.15) is 5.82 Å². The fourth-order valence-electron chi connectivity index (χ4n) is 2.25. The molecular weight excluding hydrogens is 217 g/mol. The van der Waals surface area contributed by atoms with E-state index >= 15 is 0 Å². The number of benzene rings is 1. The van der Waals surface area contributed by atoms with Crippen molar-refractivity contribution in [3.8, 4) is 11.3 Å². The molecule has 1 aromatic carbocycles. The van der Waals surface area contributed by atoms with Gasteiger partial charge < -0.3 is 4.98 Å². The first-order chi connectivity index (χ1) is 8.31. The lowest BCUT2D eigenvalue weighted by Gasteiger charge is -2.05. The molecule has 0 atom stereocenters. The minimum absolute atomic E-state index is 0.256. The highest BCUT2D eigenvalue weighted by Crippen LogP contribution is 2.45. The Morgan fingerprint density at radius 1 is 1.29 bits per heavy atom. The van der Waals surface area contributed by atoms with Crippen molar-refractivity contribution >= 4 is 6.29 Å². The van der Waals surface area contributed by atoms with Crippen LogP contribution in [0.3, 0.4) is 0 Å². The van der Waals surface area contributed by atoms with Crippen LogP contribution in [0.25, 0.3) is 11.3 Å². The molecule has 0 amide bonds. The van der Waals surface area contributed by atoms with Crippen LogP contribution in [-0.4, -0.2) is 11.3 Å². The van der Waals surface area contributed by atoms with E-state index in [-0.39, 0.29) is 5.82 Å². The summed E-state index contributed by atoms with van der Waals surface area (Å²) in [6.45, 7) is 0. The molecule has 1 aliphatic carbocycles. The van der Waals surface area contributed by atoms with Crippen molar-refractivity contribution in [1.29, 1.82) is 0 Å². The number of rotatable bonds is 3. The van der Waals surface area contributed by atoms with E-state index < -0.39 is 0 Å². The van der Waals surface area contributed by atoms with Gasteiger partial charge in [-0.25, -0.2) is 4.39 Å². The molecule has 0 spiro atoms. The van der Waals surface area contributed by atoms with Gasteiger partial charge in [0.25, 0.3) is 0 Å². The molecule has 0 radical (unpaired) electrons. The van der Waals surface area contributed by atoms with Crippen LogP contribution in [0.5, 0.6) is 0 Å². The fourth-order valence-corrected chi connectivity index (χ4v) is 2.25. The van der Waals surface area contributed by atoms with E-state index in [2.05, 4.69) is 4.98 Å². The van der Waals surface area contributed by atoms with Crippen molar-refractivity contribution in [2.75, 3.05) is 0 Å². The molecule has 2 aromatic rings. The Hall–Kier alpha value is -1.90. The van der Waals surface area contributed by atoms with Crippen LogP contribution in [0.1, 0.15) is 34.7 Å². The molecule has 1 aromatic heterocycles. The Kier molecular flexibility index (Phi) is 2.32. The van der Waals surface area contributed by atoms with E-state index in [9.17, 15) is 9.18 Å². The van der Waals surface area contributed by atoms with Crippen LogP contribution in [0.2, 0.25) is 0 Å². The molecule has 1 N–H and O–H groups in total. The van der Waals surface area contributed by atoms with Gasteiger partial charge >= 0.3 is 0 Å². The minimum Gasteiger partial charge on any atom is -0.360 e. The lowest BCUT2D eigenvalue weighted by atomic mass is 10.0. The molecule has 0 saturated heterocycles. The molecule has 0 bridgehead atoms. The maximum absolute atomic E-state index is 13.7. The number of hydrogen-bond donors (Lipinski definition) is 1. The predicted molar refractivity (Wildman–Crippen MR) is 63.5 cm³/mol. The summed E-state index contributed by atoms with van der Waals surface area (Å²) in [7, 11) is 0. The van der Waals surface area contributed by atoms with E-state index in [1.807, 2.05) is 0 Å². The highest BCUT2D eigenvalue weighted by atomic mass is 19.1. The third-order valence-electron chi connectivity index (χ3n) is 3.21. The normalized spacial score (nSPS) is 14.9. The number of nitrogens with one attached hydrogen (secondary N) is 1. The molecular formula is C14H12FNO. The van der Waals surface area contributed by atoms with E-state index in [1.54, 1.807) is 24.4 Å². The van der Waals surface area contributed by atoms with Crippen LogP contribution in [0.4, 0.5) is 4.39 Å². The average molecular weight is 229 g/mol. The third-order valence-corrected chi connectivity index (χ3v) is 3.21. The number of aromatic amines is 1. The number of H-pyrrole nitrogens is 1. The minimum atomic E-state index is -0.256. The number of aldehydes is 1. The quantitative estimate of drug-likeness (QED) is 0.802. The topological polar surface area (TPSA) is 32.9 Å². The number of halogens is 1. The second kappa shape index (κ2) is 3.84. The monoisotopic (exact) mass is 229 g/mol. The predicted octanol–water partition coefficient (Wildman–Crippen LogP) is 3.51. The van der Waals surface area contributed by atoms with Crippen LogP contribution in [0.15, 0.2) is 30.5 Å². The van der Waals surface area contributed by atoms with Gasteiger partial charge in [-0.2, -0.15) is 0 Å². The zero-order valence-corrected chi connectivity index (χ0v) is 9.24. The fraction of sp³-hybridized carbons (Fsp3) is 0.214. The molecule has 3 heteroatoms. The van der Waals surface area contributed by atoms with Gasteiger partial charge in [0.2, 0.25) is 0 Å². The zero-order valence-electron chi connectivity index (χ0n) is 9.24. The van der Waals surface area contributed by atoms with Gasteiger partial charge in [-0.1, -0.05) is 12.1 Å². The zero-order chi connectivity index (χ0) is 11.8. The van der Waals surface area contributed by atoms with Crippen molar-refractivity contribution in [2.45, 2.75) is 18.8 Å². The Bertz CT molecular complexity index is 569. The maximum atomic E-state index is 13.7. The van der Waals surface area contributed by atoms with Crippen LogP contribution < -0.4 is 0 Å². The molecule has 1 aliphatic rings. The summed E-state index contributed by atoms with van der Waals surface area (Å²) in [5, 5.41) is 0. The standard InChI is InChI=1S/C14H12FNO/c15-12-4-2-1-3-11(12)14-13(9-5-6-9)10(8-17)7-16-14/h1-4,7-9,16H,5-6H2. The van der Waals surface area contributed by atoms with Crippen molar-refractivity contribution < 1.29 is 9.18 Å². The summed E-state index contributed by atoms with van der Waals surface area (Å²) < 4.78 is 13.7. The second-order valence-electron chi connectivity index (χ2n) is 4.40.